The van der Waals surface area contributed by atoms with Crippen LogP contribution >= 0.6 is 0 Å². The van der Waals surface area contributed by atoms with Gasteiger partial charge in [0.05, 0.1) is 17.8 Å². The zero-order valence-electron chi connectivity index (χ0n) is 11.5. The number of fused-ring (bicyclic) bond motifs is 1. The lowest BCUT2D eigenvalue weighted by molar-refractivity contribution is 0.561. The highest BCUT2D eigenvalue weighted by atomic mass is 32.2. The van der Waals surface area contributed by atoms with Gasteiger partial charge in [-0.1, -0.05) is 16.5 Å². The number of hydrogen-bond donors (Lipinski definition) is 0. The van der Waals surface area contributed by atoms with Crippen molar-refractivity contribution in [2.75, 3.05) is 0 Å². The van der Waals surface area contributed by atoms with Crippen molar-refractivity contribution in [1.29, 1.82) is 5.26 Å². The van der Waals surface area contributed by atoms with Crippen LogP contribution in [0.15, 0.2) is 22.6 Å². The number of nitrogens with zero attached hydrogens (tertiary/aromatic N) is 2. The van der Waals surface area contributed by atoms with E-state index in [2.05, 4.69) is 10.5 Å². The van der Waals surface area contributed by atoms with E-state index in [0.717, 1.165) is 29.5 Å². The average Bonchev–Trinajstić information content (AvgIpc) is 2.77. The minimum absolute atomic E-state index is 0.189. The van der Waals surface area contributed by atoms with Crippen LogP contribution in [0.2, 0.25) is 0 Å². The molecular weight excluding hydrogens is 256 g/mol. The van der Waals surface area contributed by atoms with Crippen molar-refractivity contribution in [3.63, 3.8) is 0 Å². The van der Waals surface area contributed by atoms with Crippen LogP contribution in [0.5, 0.6) is 0 Å². The molecule has 0 N–H and O–H groups in total. The molecule has 0 bridgehead atoms. The van der Waals surface area contributed by atoms with Gasteiger partial charge in [-0.25, -0.2) is 0 Å². The Labute approximate surface area is 117 Å². The van der Waals surface area contributed by atoms with Gasteiger partial charge in [0.25, 0.3) is 0 Å². The van der Waals surface area contributed by atoms with E-state index in [1.54, 1.807) is 6.21 Å². The standard InChI is InChI=1S/C15H18N2OS/c1-15(2,3)19(18)17-10-12-7-8-14-11(9-16)5-4-6-13(12)14/h4-6,10,12H,7-8H2,1-3H3/t12?,19-/m0/s1. The van der Waals surface area contributed by atoms with Crippen LogP contribution in [0, 0.1) is 11.3 Å². The number of rotatable bonds is 2. The molecule has 1 aliphatic carbocycles. The first-order valence-corrected chi connectivity index (χ1v) is 7.52. The molecule has 1 aromatic rings. The molecule has 0 heterocycles. The van der Waals surface area contributed by atoms with Crippen molar-refractivity contribution in [1.82, 2.24) is 0 Å². The van der Waals surface area contributed by atoms with E-state index in [0.29, 0.717) is 0 Å². The van der Waals surface area contributed by atoms with Crippen molar-refractivity contribution < 1.29 is 4.55 Å². The van der Waals surface area contributed by atoms with Gasteiger partial charge in [0.1, 0.15) is 16.1 Å². The first kappa shape index (κ1) is 14.1. The summed E-state index contributed by atoms with van der Waals surface area (Å²) in [6, 6.07) is 8.03. The van der Waals surface area contributed by atoms with Crippen molar-refractivity contribution in [3.8, 4) is 6.07 Å². The van der Waals surface area contributed by atoms with Crippen molar-refractivity contribution >= 4 is 17.6 Å². The second kappa shape index (κ2) is 5.36. The van der Waals surface area contributed by atoms with Gasteiger partial charge >= 0.3 is 0 Å². The SMILES string of the molecule is CC(C)(C)[S@+]([O-])N=CC1CCc2c(C#N)cccc21. The van der Waals surface area contributed by atoms with Gasteiger partial charge < -0.3 is 4.55 Å². The first-order valence-electron chi connectivity index (χ1n) is 6.41. The zero-order chi connectivity index (χ0) is 14.0. The van der Waals surface area contributed by atoms with Crippen LogP contribution in [-0.2, 0) is 17.8 Å². The molecule has 0 amide bonds. The predicted molar refractivity (Wildman–Crippen MR) is 78.6 cm³/mol. The highest BCUT2D eigenvalue weighted by molar-refractivity contribution is 7.91. The molecule has 0 saturated carbocycles. The minimum atomic E-state index is -1.21. The molecule has 4 heteroatoms. The molecule has 0 aromatic heterocycles. The van der Waals surface area contributed by atoms with Crippen LogP contribution in [-0.4, -0.2) is 15.5 Å². The molecule has 3 nitrogen and oxygen atoms in total. The maximum atomic E-state index is 11.9. The highest BCUT2D eigenvalue weighted by Crippen LogP contribution is 2.34. The molecule has 19 heavy (non-hydrogen) atoms. The Morgan fingerprint density at radius 2 is 2.21 bits per heavy atom. The summed E-state index contributed by atoms with van der Waals surface area (Å²) in [5, 5.41) is 9.08. The molecule has 1 unspecified atom stereocenters. The number of hydrogen-bond acceptors (Lipinski definition) is 3. The summed E-state index contributed by atoms with van der Waals surface area (Å²) in [6.07, 6.45) is 3.64. The number of benzene rings is 1. The first-order chi connectivity index (χ1) is 8.93. The lowest BCUT2D eigenvalue weighted by atomic mass is 10.00. The van der Waals surface area contributed by atoms with Crippen LogP contribution in [0.4, 0.5) is 0 Å². The molecule has 0 saturated heterocycles. The minimum Gasteiger partial charge on any atom is -0.591 e. The summed E-state index contributed by atoms with van der Waals surface area (Å²) in [7, 11) is 0. The van der Waals surface area contributed by atoms with Crippen LogP contribution in [0.3, 0.4) is 0 Å². The fourth-order valence-electron chi connectivity index (χ4n) is 2.23. The molecule has 0 radical (unpaired) electrons. The second-order valence-corrected chi connectivity index (χ2v) is 7.68. The van der Waals surface area contributed by atoms with E-state index in [1.165, 1.54) is 0 Å². The highest BCUT2D eigenvalue weighted by Gasteiger charge is 2.28. The Morgan fingerprint density at radius 1 is 1.47 bits per heavy atom. The van der Waals surface area contributed by atoms with Crippen LogP contribution in [0.25, 0.3) is 0 Å². The van der Waals surface area contributed by atoms with Gasteiger partial charge in [-0.05, 0) is 50.8 Å². The summed E-state index contributed by atoms with van der Waals surface area (Å²) in [4.78, 5) is 0. The lowest BCUT2D eigenvalue weighted by Crippen LogP contribution is -2.26. The average molecular weight is 274 g/mol. The summed E-state index contributed by atoms with van der Waals surface area (Å²) in [5.41, 5.74) is 3.04. The topological polar surface area (TPSA) is 59.2 Å². The maximum Gasteiger partial charge on any atom is 0.144 e. The number of nitriles is 1. The molecule has 0 aliphatic heterocycles. The van der Waals surface area contributed by atoms with Gasteiger partial charge in [-0.2, -0.15) is 5.26 Å². The molecular formula is C15H18N2OS. The monoisotopic (exact) mass is 274 g/mol. The molecule has 0 spiro atoms. The lowest BCUT2D eigenvalue weighted by Gasteiger charge is -2.18. The maximum absolute atomic E-state index is 11.9. The quantitative estimate of drug-likeness (QED) is 0.614. The smallest absolute Gasteiger partial charge is 0.144 e. The summed E-state index contributed by atoms with van der Waals surface area (Å²) < 4.78 is 15.8. The van der Waals surface area contributed by atoms with Gasteiger partial charge in [0.15, 0.2) is 0 Å². The van der Waals surface area contributed by atoms with Crippen LogP contribution in [0.1, 0.15) is 49.8 Å². The summed E-state index contributed by atoms with van der Waals surface area (Å²) in [6.45, 7) is 5.74. The molecule has 1 aliphatic rings. The molecule has 2 rings (SSSR count). The van der Waals surface area contributed by atoms with Crippen molar-refractivity contribution in [2.45, 2.75) is 44.3 Å². The molecule has 100 valence electrons. The molecule has 2 atom stereocenters. The van der Waals surface area contributed by atoms with Crippen molar-refractivity contribution in [3.05, 3.63) is 34.9 Å². The molecule has 0 fully saturated rings. The fourth-order valence-corrected chi connectivity index (χ4v) is 2.81. The van der Waals surface area contributed by atoms with E-state index >= 15 is 0 Å². The zero-order valence-corrected chi connectivity index (χ0v) is 12.3. The van der Waals surface area contributed by atoms with E-state index in [4.69, 9.17) is 5.26 Å². The Balaban J connectivity index is 2.20. The third kappa shape index (κ3) is 2.99. The van der Waals surface area contributed by atoms with Crippen molar-refractivity contribution in [2.24, 2.45) is 4.40 Å². The molecule has 1 aromatic carbocycles. The van der Waals surface area contributed by atoms with Gasteiger partial charge in [-0.3, -0.25) is 0 Å². The third-order valence-corrected chi connectivity index (χ3v) is 4.66. The van der Waals surface area contributed by atoms with E-state index < -0.39 is 11.4 Å². The Hall–Kier alpha value is -1.31. The Kier molecular flexibility index (Phi) is 3.98. The Bertz CT molecular complexity index is 540. The van der Waals surface area contributed by atoms with Gasteiger partial charge in [0, 0.05) is 5.92 Å². The predicted octanol–water partition coefficient (Wildman–Crippen LogP) is 3.12. The third-order valence-electron chi connectivity index (χ3n) is 3.30. The van der Waals surface area contributed by atoms with E-state index in [9.17, 15) is 4.55 Å². The normalized spacial score (nSPS) is 20.3. The van der Waals surface area contributed by atoms with Gasteiger partial charge in [-0.15, -0.1) is 0 Å². The van der Waals surface area contributed by atoms with Gasteiger partial charge in [0.2, 0.25) is 0 Å². The largest absolute Gasteiger partial charge is 0.591 e. The Morgan fingerprint density at radius 3 is 2.84 bits per heavy atom. The van der Waals surface area contributed by atoms with E-state index in [1.807, 2.05) is 39.0 Å². The fraction of sp³-hybridized carbons (Fsp3) is 0.467. The van der Waals surface area contributed by atoms with E-state index in [-0.39, 0.29) is 10.7 Å². The summed E-state index contributed by atoms with van der Waals surface area (Å²) in [5.74, 6) is 0.189. The van der Waals surface area contributed by atoms with Crippen LogP contribution < -0.4 is 0 Å². The summed E-state index contributed by atoms with van der Waals surface area (Å²) >= 11 is -1.21. The second-order valence-electron chi connectivity index (χ2n) is 5.75.